The van der Waals surface area contributed by atoms with Crippen LogP contribution >= 0.6 is 11.3 Å². The van der Waals surface area contributed by atoms with Crippen molar-refractivity contribution < 1.29 is 14.7 Å². The second-order valence-electron chi connectivity index (χ2n) is 13.1. The van der Waals surface area contributed by atoms with Crippen molar-refractivity contribution in [3.63, 3.8) is 0 Å². The van der Waals surface area contributed by atoms with E-state index < -0.39 is 6.10 Å². The molecule has 1 saturated heterocycles. The van der Waals surface area contributed by atoms with Gasteiger partial charge in [0, 0.05) is 62.0 Å². The number of likely N-dealkylation sites (N-methyl/N-ethyl adjacent to an activating group) is 1. The minimum atomic E-state index is -0.616. The summed E-state index contributed by atoms with van der Waals surface area (Å²) in [6.07, 6.45) is 7.34. The van der Waals surface area contributed by atoms with Crippen molar-refractivity contribution in [2.24, 2.45) is 23.2 Å². The molecule has 2 amide bonds. The molecule has 2 fully saturated rings. The molecule has 6 atom stereocenters. The van der Waals surface area contributed by atoms with E-state index >= 15 is 0 Å². The molecule has 5 rings (SSSR count). The molecular formula is C33H45N5O3S. The van der Waals surface area contributed by atoms with Gasteiger partial charge in [-0.1, -0.05) is 38.8 Å². The fraction of sp³-hybridized carbons (Fsp3) is 0.606. The summed E-state index contributed by atoms with van der Waals surface area (Å²) in [6.45, 7) is 11.8. The largest absolute Gasteiger partial charge is 0.392 e. The van der Waals surface area contributed by atoms with Crippen LogP contribution in [0.15, 0.2) is 24.3 Å². The van der Waals surface area contributed by atoms with E-state index in [1.807, 2.05) is 31.2 Å². The number of fused-ring (bicyclic) bond motifs is 2. The number of thiazole rings is 1. The zero-order valence-corrected chi connectivity index (χ0v) is 26.4. The van der Waals surface area contributed by atoms with Crippen LogP contribution in [0.1, 0.15) is 66.0 Å². The Hall–Kier alpha value is -2.77. The number of benzene rings is 1. The predicted molar refractivity (Wildman–Crippen MR) is 167 cm³/mol. The number of carbonyl (C=O) groups excluding carboxylic acids is 2. The third-order valence-electron chi connectivity index (χ3n) is 10.1. The Balaban J connectivity index is 1.25. The number of hydrogen-bond donors (Lipinski definition) is 2. The standard InChI is InChI=1S/C33H45N5O3S/c1-7-14-37(6)31(41)21(2)25-12-13-33(4)19-26-28(22(3)27(33)29(25)39)34-32(42-26)35-30(40)24-10-8-23(9-11-24)20-38-17-15-36(5)16-18-38/h1,8-11,21-22,25,27,29,39H,12-20H2,2-6H3,(H,34,35,40). The number of carbonyl (C=O) groups is 2. The number of piperazine rings is 1. The molecule has 2 aliphatic carbocycles. The average molecular weight is 592 g/mol. The maximum atomic E-state index is 13.1. The van der Waals surface area contributed by atoms with Gasteiger partial charge in [-0.05, 0) is 61.3 Å². The van der Waals surface area contributed by atoms with Crippen LogP contribution in [0.25, 0.3) is 0 Å². The molecule has 1 aromatic carbocycles. The van der Waals surface area contributed by atoms with E-state index in [9.17, 15) is 14.7 Å². The lowest BCUT2D eigenvalue weighted by molar-refractivity contribution is -0.142. The first-order valence-corrected chi connectivity index (χ1v) is 16.0. The summed E-state index contributed by atoms with van der Waals surface area (Å²) in [6, 6.07) is 7.88. The van der Waals surface area contributed by atoms with Crippen LogP contribution in [0, 0.1) is 35.5 Å². The van der Waals surface area contributed by atoms with Crippen molar-refractivity contribution in [1.29, 1.82) is 0 Å². The number of aliphatic hydroxyl groups excluding tert-OH is 1. The third-order valence-corrected chi connectivity index (χ3v) is 11.1. The minimum absolute atomic E-state index is 0.0121. The van der Waals surface area contributed by atoms with Gasteiger partial charge in [0.05, 0.1) is 18.3 Å². The molecule has 0 bridgehead atoms. The van der Waals surface area contributed by atoms with Crippen LogP contribution in [0.3, 0.4) is 0 Å². The molecule has 42 heavy (non-hydrogen) atoms. The van der Waals surface area contributed by atoms with Gasteiger partial charge in [-0.25, -0.2) is 4.98 Å². The smallest absolute Gasteiger partial charge is 0.257 e. The Morgan fingerprint density at radius 1 is 1.26 bits per heavy atom. The molecule has 1 saturated carbocycles. The molecule has 226 valence electrons. The predicted octanol–water partition coefficient (Wildman–Crippen LogP) is 3.92. The Labute approximate surface area is 254 Å². The maximum absolute atomic E-state index is 13.1. The Kier molecular flexibility index (Phi) is 9.10. The number of hydrogen-bond acceptors (Lipinski definition) is 7. The van der Waals surface area contributed by atoms with Gasteiger partial charge in [-0.2, -0.15) is 0 Å². The molecule has 9 heteroatoms. The highest BCUT2D eigenvalue weighted by atomic mass is 32.1. The van der Waals surface area contributed by atoms with Crippen LogP contribution in [0.2, 0.25) is 0 Å². The van der Waals surface area contributed by atoms with Crippen molar-refractivity contribution in [3.8, 4) is 12.3 Å². The normalized spacial score (nSPS) is 28.7. The van der Waals surface area contributed by atoms with E-state index in [0.29, 0.717) is 10.7 Å². The number of anilines is 1. The number of amides is 2. The van der Waals surface area contributed by atoms with E-state index in [1.165, 1.54) is 10.4 Å². The van der Waals surface area contributed by atoms with Gasteiger partial charge in [0.15, 0.2) is 5.13 Å². The molecule has 1 aromatic heterocycles. The van der Waals surface area contributed by atoms with Gasteiger partial charge < -0.3 is 14.9 Å². The zero-order chi connectivity index (χ0) is 30.2. The van der Waals surface area contributed by atoms with Crippen molar-refractivity contribution >= 4 is 28.3 Å². The molecule has 6 unspecified atom stereocenters. The number of rotatable bonds is 7. The highest BCUT2D eigenvalue weighted by Gasteiger charge is 2.54. The highest BCUT2D eigenvalue weighted by molar-refractivity contribution is 7.15. The van der Waals surface area contributed by atoms with E-state index in [1.54, 1.807) is 23.3 Å². The van der Waals surface area contributed by atoms with Crippen LogP contribution in [-0.2, 0) is 17.8 Å². The lowest BCUT2D eigenvalue weighted by Gasteiger charge is -2.53. The third kappa shape index (κ3) is 6.14. The van der Waals surface area contributed by atoms with E-state index in [2.05, 4.69) is 41.9 Å². The lowest BCUT2D eigenvalue weighted by atomic mass is 9.53. The summed E-state index contributed by atoms with van der Waals surface area (Å²) in [5.41, 5.74) is 2.69. The average Bonchev–Trinajstić information content (AvgIpc) is 3.35. The van der Waals surface area contributed by atoms with Gasteiger partial charge in [0.25, 0.3) is 5.91 Å². The molecule has 1 aliphatic heterocycles. The maximum Gasteiger partial charge on any atom is 0.257 e. The van der Waals surface area contributed by atoms with Crippen molar-refractivity contribution in [2.75, 3.05) is 52.1 Å². The summed E-state index contributed by atoms with van der Waals surface area (Å²) in [7, 11) is 3.88. The SMILES string of the molecule is C#CCN(C)C(=O)C(C)C1CCC2(C)Cc3sc(NC(=O)c4ccc(CN5CCN(C)CC5)cc4)nc3C(C)C2C1O. The molecule has 3 aliphatic rings. The van der Waals surface area contributed by atoms with Gasteiger partial charge in [0.2, 0.25) is 5.91 Å². The Morgan fingerprint density at radius 3 is 2.62 bits per heavy atom. The molecule has 8 nitrogen and oxygen atoms in total. The number of nitrogens with one attached hydrogen (secondary N) is 1. The number of aliphatic hydroxyl groups is 1. The van der Waals surface area contributed by atoms with Gasteiger partial charge >= 0.3 is 0 Å². The topological polar surface area (TPSA) is 89.0 Å². The van der Waals surface area contributed by atoms with Crippen molar-refractivity contribution in [2.45, 2.75) is 58.6 Å². The summed E-state index contributed by atoms with van der Waals surface area (Å²) < 4.78 is 0. The minimum Gasteiger partial charge on any atom is -0.392 e. The van der Waals surface area contributed by atoms with E-state index in [-0.39, 0.29) is 47.4 Å². The van der Waals surface area contributed by atoms with E-state index in [4.69, 9.17) is 11.4 Å². The fourth-order valence-electron chi connectivity index (χ4n) is 7.54. The quantitative estimate of drug-likeness (QED) is 0.475. The summed E-state index contributed by atoms with van der Waals surface area (Å²) in [5, 5.41) is 15.3. The van der Waals surface area contributed by atoms with Gasteiger partial charge in [-0.3, -0.25) is 19.8 Å². The van der Waals surface area contributed by atoms with Gasteiger partial charge in [0.1, 0.15) is 0 Å². The first-order chi connectivity index (χ1) is 20.0. The van der Waals surface area contributed by atoms with Crippen molar-refractivity contribution in [3.05, 3.63) is 46.0 Å². The second kappa shape index (κ2) is 12.5. The van der Waals surface area contributed by atoms with Crippen LogP contribution < -0.4 is 5.32 Å². The summed E-state index contributed by atoms with van der Waals surface area (Å²) >= 11 is 1.55. The van der Waals surface area contributed by atoms with Crippen LogP contribution in [0.4, 0.5) is 5.13 Å². The Morgan fingerprint density at radius 2 is 1.95 bits per heavy atom. The molecule has 0 radical (unpaired) electrons. The molecule has 2 aromatic rings. The Bertz CT molecular complexity index is 1330. The summed E-state index contributed by atoms with van der Waals surface area (Å²) in [5.74, 6) is 1.91. The number of nitrogens with zero attached hydrogens (tertiary/aromatic N) is 4. The van der Waals surface area contributed by atoms with Crippen LogP contribution in [-0.4, -0.2) is 89.5 Å². The second-order valence-corrected chi connectivity index (χ2v) is 14.2. The molecule has 0 spiro atoms. The van der Waals surface area contributed by atoms with Crippen molar-refractivity contribution in [1.82, 2.24) is 19.7 Å². The van der Waals surface area contributed by atoms with Gasteiger partial charge in [-0.15, -0.1) is 17.8 Å². The molecule has 2 heterocycles. The monoisotopic (exact) mass is 591 g/mol. The molecular weight excluding hydrogens is 546 g/mol. The molecule has 2 N–H and O–H groups in total. The highest BCUT2D eigenvalue weighted by Crippen LogP contribution is 2.57. The lowest BCUT2D eigenvalue weighted by Crippen LogP contribution is -2.53. The zero-order valence-electron chi connectivity index (χ0n) is 25.6. The first kappa shape index (κ1) is 30.7. The first-order valence-electron chi connectivity index (χ1n) is 15.2. The number of aromatic nitrogens is 1. The van der Waals surface area contributed by atoms with E-state index in [0.717, 1.165) is 57.7 Å². The fourth-order valence-corrected chi connectivity index (χ4v) is 8.80. The summed E-state index contributed by atoms with van der Waals surface area (Å²) in [4.78, 5) is 38.6. The number of terminal acetylenes is 1. The van der Waals surface area contributed by atoms with Crippen LogP contribution in [0.5, 0.6) is 0 Å².